The summed E-state index contributed by atoms with van der Waals surface area (Å²) in [6.45, 7) is 3.28. The average molecular weight is 295 g/mol. The van der Waals surface area contributed by atoms with Crippen molar-refractivity contribution in [2.75, 3.05) is 12.4 Å². The van der Waals surface area contributed by atoms with E-state index in [9.17, 15) is 18.0 Å². The first-order valence-electron chi connectivity index (χ1n) is 5.45. The Bertz CT molecular complexity index is 486. The maximum atomic E-state index is 12.4. The number of likely N-dealkylation sites (N-methyl/N-ethyl adjacent to an activating group) is 1. The molecule has 0 atom stereocenters. The predicted octanol–water partition coefficient (Wildman–Crippen LogP) is 3.30. The van der Waals surface area contributed by atoms with E-state index in [0.29, 0.717) is 0 Å². The normalized spacial score (nSPS) is 12.4. The molecule has 0 aromatic heterocycles. The van der Waals surface area contributed by atoms with E-state index in [1.165, 1.54) is 0 Å². The highest BCUT2D eigenvalue weighted by atomic mass is 35.5. The fourth-order valence-electron chi connectivity index (χ4n) is 1.18. The third kappa shape index (κ3) is 3.84. The topological polar surface area (TPSA) is 41.1 Å². The molecule has 0 heterocycles. The lowest BCUT2D eigenvalue weighted by molar-refractivity contribution is -0.137. The van der Waals surface area contributed by atoms with Gasteiger partial charge in [-0.05, 0) is 39.1 Å². The van der Waals surface area contributed by atoms with Gasteiger partial charge in [-0.2, -0.15) is 13.2 Å². The molecular weight excluding hydrogens is 281 g/mol. The molecule has 0 aliphatic heterocycles. The van der Waals surface area contributed by atoms with E-state index < -0.39 is 23.2 Å². The zero-order chi connectivity index (χ0) is 14.8. The Morgan fingerprint density at radius 1 is 1.26 bits per heavy atom. The van der Waals surface area contributed by atoms with Crippen molar-refractivity contribution in [2.45, 2.75) is 25.6 Å². The van der Waals surface area contributed by atoms with E-state index in [-0.39, 0.29) is 10.7 Å². The number of anilines is 1. The molecule has 106 valence electrons. The largest absolute Gasteiger partial charge is 0.416 e. The molecule has 0 spiro atoms. The van der Waals surface area contributed by atoms with Crippen LogP contribution in [-0.4, -0.2) is 18.5 Å². The number of hydrogen-bond acceptors (Lipinski definition) is 2. The van der Waals surface area contributed by atoms with Gasteiger partial charge in [0.2, 0.25) is 5.91 Å². The van der Waals surface area contributed by atoms with Crippen LogP contribution >= 0.6 is 11.6 Å². The minimum absolute atomic E-state index is 0.142. The smallest absolute Gasteiger partial charge is 0.323 e. The van der Waals surface area contributed by atoms with Gasteiger partial charge in [0.1, 0.15) is 0 Å². The van der Waals surface area contributed by atoms with Crippen LogP contribution in [0.4, 0.5) is 18.9 Å². The molecule has 0 unspecified atom stereocenters. The Morgan fingerprint density at radius 3 is 2.26 bits per heavy atom. The monoisotopic (exact) mass is 294 g/mol. The van der Waals surface area contributed by atoms with Gasteiger partial charge in [-0.1, -0.05) is 11.6 Å². The maximum absolute atomic E-state index is 12.4. The fraction of sp³-hybridized carbons (Fsp3) is 0.417. The summed E-state index contributed by atoms with van der Waals surface area (Å²) in [7, 11) is 1.61. The number of benzene rings is 1. The van der Waals surface area contributed by atoms with Gasteiger partial charge < -0.3 is 10.6 Å². The number of halogens is 4. The minimum Gasteiger partial charge on any atom is -0.323 e. The molecule has 2 N–H and O–H groups in total. The summed E-state index contributed by atoms with van der Waals surface area (Å²) in [4.78, 5) is 11.8. The third-order valence-corrected chi connectivity index (χ3v) is 3.05. The van der Waals surface area contributed by atoms with Crippen LogP contribution in [0.15, 0.2) is 18.2 Å². The summed E-state index contributed by atoms with van der Waals surface area (Å²) < 4.78 is 37.3. The van der Waals surface area contributed by atoms with Crippen LogP contribution in [0, 0.1) is 0 Å². The molecule has 1 rings (SSSR count). The summed E-state index contributed by atoms with van der Waals surface area (Å²) in [5.74, 6) is -0.392. The molecule has 0 saturated carbocycles. The number of carbonyl (C=O) groups is 1. The minimum atomic E-state index is -4.46. The summed E-state index contributed by atoms with van der Waals surface area (Å²) in [6, 6.07) is 2.78. The van der Waals surface area contributed by atoms with E-state index in [1.54, 1.807) is 20.9 Å². The van der Waals surface area contributed by atoms with Crippen molar-refractivity contribution in [3.8, 4) is 0 Å². The van der Waals surface area contributed by atoms with E-state index in [1.807, 2.05) is 0 Å². The van der Waals surface area contributed by atoms with Crippen molar-refractivity contribution in [1.82, 2.24) is 5.32 Å². The van der Waals surface area contributed by atoms with Crippen molar-refractivity contribution >= 4 is 23.2 Å². The van der Waals surface area contributed by atoms with Crippen LogP contribution in [0.5, 0.6) is 0 Å². The van der Waals surface area contributed by atoms with Crippen LogP contribution < -0.4 is 10.6 Å². The summed E-state index contributed by atoms with van der Waals surface area (Å²) in [5, 5.41) is 5.10. The highest BCUT2D eigenvalue weighted by Gasteiger charge is 2.31. The molecular formula is C12H14ClF3N2O. The predicted molar refractivity (Wildman–Crippen MR) is 68.2 cm³/mol. The highest BCUT2D eigenvalue weighted by molar-refractivity contribution is 6.33. The lowest BCUT2D eigenvalue weighted by Gasteiger charge is -2.23. The van der Waals surface area contributed by atoms with E-state index >= 15 is 0 Å². The molecule has 0 bridgehead atoms. The molecule has 3 nitrogen and oxygen atoms in total. The lowest BCUT2D eigenvalue weighted by atomic mass is 10.0. The van der Waals surface area contributed by atoms with Gasteiger partial charge in [0.15, 0.2) is 0 Å². The Hall–Kier alpha value is -1.27. The van der Waals surface area contributed by atoms with Crippen LogP contribution in [0.2, 0.25) is 5.02 Å². The van der Waals surface area contributed by atoms with E-state index in [4.69, 9.17) is 11.6 Å². The molecule has 1 aromatic carbocycles. The summed E-state index contributed by atoms with van der Waals surface area (Å²) >= 11 is 5.74. The van der Waals surface area contributed by atoms with Gasteiger partial charge in [0, 0.05) is 0 Å². The van der Waals surface area contributed by atoms with Crippen molar-refractivity contribution in [3.05, 3.63) is 28.8 Å². The standard InChI is InChI=1S/C12H14ClF3N2O/c1-11(2,17-3)10(19)18-9-5-4-7(6-8(9)13)12(14,15)16/h4-6,17H,1-3H3,(H,18,19). The summed E-state index contributed by atoms with van der Waals surface area (Å²) in [5.41, 5.74) is -1.57. The number of hydrogen-bond donors (Lipinski definition) is 2. The second kappa shape index (κ2) is 5.38. The molecule has 0 saturated heterocycles. The highest BCUT2D eigenvalue weighted by Crippen LogP contribution is 2.33. The van der Waals surface area contributed by atoms with Crippen molar-refractivity contribution in [3.63, 3.8) is 0 Å². The number of amides is 1. The zero-order valence-electron chi connectivity index (χ0n) is 10.7. The molecule has 7 heteroatoms. The second-order valence-electron chi connectivity index (χ2n) is 4.52. The third-order valence-electron chi connectivity index (χ3n) is 2.74. The van der Waals surface area contributed by atoms with Crippen LogP contribution in [0.3, 0.4) is 0 Å². The van der Waals surface area contributed by atoms with Crippen LogP contribution in [0.1, 0.15) is 19.4 Å². The number of nitrogens with one attached hydrogen (secondary N) is 2. The van der Waals surface area contributed by atoms with Crippen LogP contribution in [-0.2, 0) is 11.0 Å². The first-order valence-corrected chi connectivity index (χ1v) is 5.83. The average Bonchev–Trinajstić information content (AvgIpc) is 2.30. The zero-order valence-corrected chi connectivity index (χ0v) is 11.4. The van der Waals surface area contributed by atoms with Gasteiger partial charge >= 0.3 is 6.18 Å². The van der Waals surface area contributed by atoms with Crippen molar-refractivity contribution in [1.29, 1.82) is 0 Å². The maximum Gasteiger partial charge on any atom is 0.416 e. The first-order chi connectivity index (χ1) is 8.58. The van der Waals surface area contributed by atoms with Gasteiger partial charge in [0.05, 0.1) is 21.8 Å². The number of carbonyl (C=O) groups excluding carboxylic acids is 1. The van der Waals surface area contributed by atoms with Crippen LogP contribution in [0.25, 0.3) is 0 Å². The molecule has 1 aromatic rings. The molecule has 19 heavy (non-hydrogen) atoms. The van der Waals surface area contributed by atoms with E-state index in [0.717, 1.165) is 18.2 Å². The lowest BCUT2D eigenvalue weighted by Crippen LogP contribution is -2.47. The Kier molecular flexibility index (Phi) is 4.47. The first kappa shape index (κ1) is 15.8. The molecule has 0 fully saturated rings. The quantitative estimate of drug-likeness (QED) is 0.898. The second-order valence-corrected chi connectivity index (χ2v) is 4.93. The SMILES string of the molecule is CNC(C)(C)C(=O)Nc1ccc(C(F)(F)F)cc1Cl. The molecule has 1 amide bonds. The number of rotatable bonds is 3. The molecule has 0 aliphatic carbocycles. The fourth-order valence-corrected chi connectivity index (χ4v) is 1.41. The summed E-state index contributed by atoms with van der Waals surface area (Å²) in [6.07, 6.45) is -4.46. The Morgan fingerprint density at radius 2 is 1.84 bits per heavy atom. The molecule has 0 aliphatic rings. The Labute approximate surface area is 114 Å². The number of alkyl halides is 3. The van der Waals surface area contributed by atoms with Gasteiger partial charge in [0.25, 0.3) is 0 Å². The molecule has 0 radical (unpaired) electrons. The van der Waals surface area contributed by atoms with Crippen molar-refractivity contribution in [2.24, 2.45) is 0 Å². The van der Waals surface area contributed by atoms with Crippen molar-refractivity contribution < 1.29 is 18.0 Å². The Balaban J connectivity index is 2.96. The van der Waals surface area contributed by atoms with Gasteiger partial charge in [-0.15, -0.1) is 0 Å². The van der Waals surface area contributed by atoms with E-state index in [2.05, 4.69) is 10.6 Å². The van der Waals surface area contributed by atoms with Gasteiger partial charge in [-0.25, -0.2) is 0 Å². The van der Waals surface area contributed by atoms with Gasteiger partial charge in [-0.3, -0.25) is 4.79 Å².